The average molecular weight is 299 g/mol. The second-order valence-corrected chi connectivity index (χ2v) is 4.76. The average Bonchev–Trinajstić information content (AvgIpc) is 3.05. The first-order valence-electron chi connectivity index (χ1n) is 6.78. The van der Waals surface area contributed by atoms with E-state index in [0.717, 1.165) is 11.1 Å². The molecule has 0 fully saturated rings. The zero-order chi connectivity index (χ0) is 15.9. The van der Waals surface area contributed by atoms with Crippen molar-refractivity contribution in [2.24, 2.45) is 5.10 Å². The molecule has 0 spiro atoms. The van der Waals surface area contributed by atoms with Crippen LogP contribution in [0.1, 0.15) is 28.6 Å². The van der Waals surface area contributed by atoms with Gasteiger partial charge in [-0.05, 0) is 31.5 Å². The van der Waals surface area contributed by atoms with Crippen molar-refractivity contribution in [2.45, 2.75) is 13.8 Å². The number of rotatable bonds is 5. The third-order valence-corrected chi connectivity index (χ3v) is 2.97. The Balaban J connectivity index is 1.83. The number of benzene rings is 1. The van der Waals surface area contributed by atoms with Crippen LogP contribution in [-0.2, 0) is 4.79 Å². The Bertz CT molecular complexity index is 673. The molecule has 0 bridgehead atoms. The second-order valence-electron chi connectivity index (χ2n) is 4.76. The summed E-state index contributed by atoms with van der Waals surface area (Å²) in [6.07, 6.45) is 1.39. The molecule has 0 atom stereocenters. The molecule has 6 nitrogen and oxygen atoms in total. The van der Waals surface area contributed by atoms with E-state index in [1.165, 1.54) is 12.3 Å². The maximum absolute atomic E-state index is 11.6. The number of hydrazone groups is 1. The molecule has 2 aromatic rings. The maximum atomic E-state index is 11.6. The highest BCUT2D eigenvalue weighted by molar-refractivity contribution is 5.99. The molecule has 0 aliphatic carbocycles. The van der Waals surface area contributed by atoms with Crippen LogP contribution in [0.4, 0.5) is 0 Å². The number of carbonyl (C=O) groups excluding carboxylic acids is 2. The predicted octanol–water partition coefficient (Wildman–Crippen LogP) is 1.86. The summed E-state index contributed by atoms with van der Waals surface area (Å²) < 4.78 is 4.92. The van der Waals surface area contributed by atoms with Crippen LogP contribution in [0.5, 0.6) is 0 Å². The summed E-state index contributed by atoms with van der Waals surface area (Å²) >= 11 is 0. The Morgan fingerprint density at radius 1 is 1.18 bits per heavy atom. The zero-order valence-corrected chi connectivity index (χ0v) is 12.4. The number of nitrogens with one attached hydrogen (secondary N) is 2. The largest absolute Gasteiger partial charge is 0.459 e. The van der Waals surface area contributed by atoms with E-state index in [-0.39, 0.29) is 12.3 Å². The highest BCUT2D eigenvalue weighted by Gasteiger charge is 2.09. The van der Waals surface area contributed by atoms with Crippen molar-refractivity contribution in [3.8, 4) is 0 Å². The van der Waals surface area contributed by atoms with Gasteiger partial charge in [0, 0.05) is 0 Å². The summed E-state index contributed by atoms with van der Waals surface area (Å²) in [7, 11) is 0. The number of hydrogen-bond donors (Lipinski definition) is 2. The third-order valence-electron chi connectivity index (χ3n) is 2.97. The van der Waals surface area contributed by atoms with E-state index >= 15 is 0 Å². The van der Waals surface area contributed by atoms with Crippen LogP contribution in [0, 0.1) is 6.92 Å². The van der Waals surface area contributed by atoms with Crippen LogP contribution in [-0.4, -0.2) is 24.1 Å². The molecule has 1 aromatic carbocycles. The summed E-state index contributed by atoms with van der Waals surface area (Å²) in [5.41, 5.74) is 5.16. The molecule has 2 rings (SSSR count). The number of carbonyl (C=O) groups is 2. The molecular formula is C16H17N3O3. The van der Waals surface area contributed by atoms with Crippen molar-refractivity contribution in [1.29, 1.82) is 0 Å². The van der Waals surface area contributed by atoms with Gasteiger partial charge in [0.05, 0.1) is 18.5 Å². The van der Waals surface area contributed by atoms with Gasteiger partial charge in [0.25, 0.3) is 11.8 Å². The van der Waals surface area contributed by atoms with Gasteiger partial charge in [0.1, 0.15) is 0 Å². The van der Waals surface area contributed by atoms with Crippen molar-refractivity contribution in [3.05, 3.63) is 59.5 Å². The monoisotopic (exact) mass is 299 g/mol. The smallest absolute Gasteiger partial charge is 0.287 e. The molecule has 22 heavy (non-hydrogen) atoms. The molecule has 6 heteroatoms. The van der Waals surface area contributed by atoms with Gasteiger partial charge in [-0.15, -0.1) is 0 Å². The van der Waals surface area contributed by atoms with Crippen LogP contribution in [0.15, 0.2) is 52.2 Å². The quantitative estimate of drug-likeness (QED) is 0.653. The molecule has 0 unspecified atom stereocenters. The molecular weight excluding hydrogens is 282 g/mol. The lowest BCUT2D eigenvalue weighted by Crippen LogP contribution is -2.35. The number of amides is 2. The number of aryl methyl sites for hydroxylation is 1. The lowest BCUT2D eigenvalue weighted by molar-refractivity contribution is -0.120. The summed E-state index contributed by atoms with van der Waals surface area (Å²) in [6.45, 7) is 3.62. The van der Waals surface area contributed by atoms with Crippen molar-refractivity contribution in [1.82, 2.24) is 10.7 Å². The van der Waals surface area contributed by atoms with E-state index in [0.29, 0.717) is 5.71 Å². The van der Waals surface area contributed by atoms with Gasteiger partial charge >= 0.3 is 0 Å². The van der Waals surface area contributed by atoms with Gasteiger partial charge < -0.3 is 9.73 Å². The fraction of sp³-hybridized carbons (Fsp3) is 0.188. The van der Waals surface area contributed by atoms with Crippen molar-refractivity contribution in [3.63, 3.8) is 0 Å². The zero-order valence-electron chi connectivity index (χ0n) is 12.4. The number of furan rings is 1. The fourth-order valence-electron chi connectivity index (χ4n) is 1.70. The molecule has 1 aromatic heterocycles. The standard InChI is InChI=1S/C16H17N3O3/c1-11-5-7-13(8-6-11)12(2)18-19-15(20)10-17-16(21)14-4-3-9-22-14/h3-9H,10H2,1-2H3,(H,17,21)(H,19,20)/b18-12-. The minimum Gasteiger partial charge on any atom is -0.459 e. The molecule has 1 heterocycles. The molecule has 0 aliphatic heterocycles. The van der Waals surface area contributed by atoms with Gasteiger partial charge in [0.2, 0.25) is 0 Å². The van der Waals surface area contributed by atoms with Gasteiger partial charge in [0.15, 0.2) is 5.76 Å². The lowest BCUT2D eigenvalue weighted by atomic mass is 10.1. The van der Waals surface area contributed by atoms with Crippen LogP contribution >= 0.6 is 0 Å². The van der Waals surface area contributed by atoms with Crippen molar-refractivity contribution >= 4 is 17.5 Å². The van der Waals surface area contributed by atoms with Crippen LogP contribution in [0.2, 0.25) is 0 Å². The van der Waals surface area contributed by atoms with Crippen LogP contribution in [0.3, 0.4) is 0 Å². The van der Waals surface area contributed by atoms with Crippen molar-refractivity contribution < 1.29 is 14.0 Å². The first kappa shape index (κ1) is 15.5. The van der Waals surface area contributed by atoms with E-state index < -0.39 is 11.8 Å². The van der Waals surface area contributed by atoms with E-state index in [9.17, 15) is 9.59 Å². The summed E-state index contributed by atoms with van der Waals surface area (Å²) in [5.74, 6) is -0.696. The number of nitrogens with zero attached hydrogens (tertiary/aromatic N) is 1. The molecule has 2 amide bonds. The first-order valence-corrected chi connectivity index (χ1v) is 6.78. The first-order chi connectivity index (χ1) is 10.6. The van der Waals surface area contributed by atoms with E-state index in [2.05, 4.69) is 15.8 Å². The minimum atomic E-state index is -0.445. The summed E-state index contributed by atoms with van der Waals surface area (Å²) in [4.78, 5) is 23.2. The van der Waals surface area contributed by atoms with Gasteiger partial charge in [-0.3, -0.25) is 9.59 Å². The lowest BCUT2D eigenvalue weighted by Gasteiger charge is -2.04. The van der Waals surface area contributed by atoms with E-state index in [1.54, 1.807) is 13.0 Å². The molecule has 0 saturated carbocycles. The Labute approximate surface area is 128 Å². The summed E-state index contributed by atoms with van der Waals surface area (Å²) in [6, 6.07) is 10.9. The Morgan fingerprint density at radius 3 is 2.55 bits per heavy atom. The fourth-order valence-corrected chi connectivity index (χ4v) is 1.70. The normalized spacial score (nSPS) is 11.1. The predicted molar refractivity (Wildman–Crippen MR) is 82.6 cm³/mol. The number of hydrogen-bond acceptors (Lipinski definition) is 4. The van der Waals surface area contributed by atoms with E-state index in [1.807, 2.05) is 31.2 Å². The van der Waals surface area contributed by atoms with Gasteiger partial charge in [-0.25, -0.2) is 5.43 Å². The molecule has 0 saturated heterocycles. The molecule has 0 aliphatic rings. The van der Waals surface area contributed by atoms with Gasteiger partial charge in [-0.2, -0.15) is 5.10 Å². The molecule has 2 N–H and O–H groups in total. The van der Waals surface area contributed by atoms with E-state index in [4.69, 9.17) is 4.42 Å². The Hall–Kier alpha value is -2.89. The maximum Gasteiger partial charge on any atom is 0.287 e. The van der Waals surface area contributed by atoms with Gasteiger partial charge in [-0.1, -0.05) is 29.8 Å². The third kappa shape index (κ3) is 4.31. The SMILES string of the molecule is C/C(=N/NC(=O)CNC(=O)c1ccco1)c1ccc(C)cc1. The minimum absolute atomic E-state index is 0.159. The molecule has 114 valence electrons. The molecule has 0 radical (unpaired) electrons. The topological polar surface area (TPSA) is 83.7 Å². The Morgan fingerprint density at radius 2 is 1.91 bits per heavy atom. The van der Waals surface area contributed by atoms with Crippen molar-refractivity contribution in [2.75, 3.05) is 6.54 Å². The Kier molecular flexibility index (Phi) is 5.08. The summed E-state index contributed by atoms with van der Waals surface area (Å²) in [5, 5.41) is 6.45. The second kappa shape index (κ2) is 7.21. The highest BCUT2D eigenvalue weighted by Crippen LogP contribution is 2.04. The highest BCUT2D eigenvalue weighted by atomic mass is 16.3. The van der Waals surface area contributed by atoms with Crippen LogP contribution < -0.4 is 10.7 Å². The van der Waals surface area contributed by atoms with Crippen LogP contribution in [0.25, 0.3) is 0 Å².